The van der Waals surface area contributed by atoms with E-state index < -0.39 is 0 Å². The molecule has 0 heterocycles. The van der Waals surface area contributed by atoms with E-state index >= 15 is 0 Å². The molecule has 3 fully saturated rings. The van der Waals surface area contributed by atoms with Gasteiger partial charge in [0.05, 0.1) is 0 Å². The maximum absolute atomic E-state index is 4.39. The number of rotatable bonds is 6. The molecule has 0 aromatic carbocycles. The Morgan fingerprint density at radius 3 is 2.30 bits per heavy atom. The second kappa shape index (κ2) is 12.8. The molecule has 1 heteroatoms. The van der Waals surface area contributed by atoms with Crippen LogP contribution < -0.4 is 5.32 Å². The van der Waals surface area contributed by atoms with Crippen LogP contribution >= 0.6 is 0 Å². The molecule has 1 nitrogen and oxygen atoms in total. The van der Waals surface area contributed by atoms with Crippen LogP contribution in [0.25, 0.3) is 0 Å². The number of hydrogen-bond acceptors (Lipinski definition) is 1. The van der Waals surface area contributed by atoms with Crippen LogP contribution in [0.4, 0.5) is 0 Å². The molecule has 5 unspecified atom stereocenters. The van der Waals surface area contributed by atoms with E-state index in [0.29, 0.717) is 5.92 Å². The van der Waals surface area contributed by atoms with E-state index in [1.807, 2.05) is 0 Å². The Balaban J connectivity index is 1.11. The maximum Gasteiger partial charge on any atom is 0.0106 e. The van der Waals surface area contributed by atoms with Gasteiger partial charge in [0.1, 0.15) is 0 Å². The van der Waals surface area contributed by atoms with Crippen LogP contribution in [0, 0.1) is 35.5 Å². The zero-order valence-corrected chi connectivity index (χ0v) is 23.7. The Bertz CT molecular complexity index is 846. The van der Waals surface area contributed by atoms with Gasteiger partial charge in [-0.05, 0) is 131 Å². The standard InChI is InChI=1S/C36H55N/c1-4-11-27(12-5-1)29-19-22-34(23-20-29)37-36-26-33(21-24-35(36)30-15-8-3-9-16-30)32-18-10-17-31(25-32)28-13-6-2-7-14-28/h3,8,10,13,18,25,27,29-31,33-37H,1-2,4-7,9,11-12,14-17,19-24,26H2. The Morgan fingerprint density at radius 2 is 1.51 bits per heavy atom. The Hall–Kier alpha value is -1.08. The monoisotopic (exact) mass is 501 g/mol. The normalized spacial score (nSPS) is 39.7. The molecule has 0 spiro atoms. The molecule has 3 saturated carbocycles. The summed E-state index contributed by atoms with van der Waals surface area (Å²) in [5.41, 5.74) is 3.44. The third kappa shape index (κ3) is 6.57. The number of hydrogen-bond donors (Lipinski definition) is 1. The lowest BCUT2D eigenvalue weighted by molar-refractivity contribution is 0.120. The van der Waals surface area contributed by atoms with Gasteiger partial charge in [0.2, 0.25) is 0 Å². The van der Waals surface area contributed by atoms with E-state index in [0.717, 1.165) is 41.7 Å². The summed E-state index contributed by atoms with van der Waals surface area (Å²) >= 11 is 0. The van der Waals surface area contributed by atoms with Gasteiger partial charge in [-0.2, -0.15) is 0 Å². The van der Waals surface area contributed by atoms with E-state index in [1.54, 1.807) is 11.1 Å². The lowest BCUT2D eigenvalue weighted by Crippen LogP contribution is -2.49. The minimum atomic E-state index is 0.697. The largest absolute Gasteiger partial charge is 0.311 e. The first-order valence-electron chi connectivity index (χ1n) is 16.8. The molecule has 6 rings (SSSR count). The van der Waals surface area contributed by atoms with E-state index in [9.17, 15) is 0 Å². The van der Waals surface area contributed by atoms with E-state index in [1.165, 1.54) is 128 Å². The van der Waals surface area contributed by atoms with Crippen LogP contribution in [0.2, 0.25) is 0 Å². The summed E-state index contributed by atoms with van der Waals surface area (Å²) in [5, 5.41) is 4.39. The number of allylic oxidation sites excluding steroid dienone is 8. The summed E-state index contributed by atoms with van der Waals surface area (Å²) < 4.78 is 0. The van der Waals surface area contributed by atoms with E-state index in [4.69, 9.17) is 0 Å². The van der Waals surface area contributed by atoms with Gasteiger partial charge in [0, 0.05) is 18.0 Å². The van der Waals surface area contributed by atoms with Crippen LogP contribution in [-0.2, 0) is 0 Å². The highest BCUT2D eigenvalue weighted by molar-refractivity contribution is 5.32. The first-order chi connectivity index (χ1) is 18.3. The fourth-order valence-electron chi connectivity index (χ4n) is 9.56. The van der Waals surface area contributed by atoms with Crippen molar-refractivity contribution in [3.8, 4) is 0 Å². The molecule has 0 bridgehead atoms. The Labute approximate surface area is 228 Å². The maximum atomic E-state index is 4.39. The van der Waals surface area contributed by atoms with Crippen LogP contribution in [0.15, 0.2) is 47.6 Å². The summed E-state index contributed by atoms with van der Waals surface area (Å²) in [6, 6.07) is 1.51. The molecule has 0 aromatic heterocycles. The van der Waals surface area contributed by atoms with Crippen molar-refractivity contribution in [1.29, 1.82) is 0 Å². The van der Waals surface area contributed by atoms with Gasteiger partial charge < -0.3 is 5.32 Å². The summed E-state index contributed by atoms with van der Waals surface area (Å²) in [7, 11) is 0. The van der Waals surface area contributed by atoms with Gasteiger partial charge in [-0.25, -0.2) is 0 Å². The highest BCUT2D eigenvalue weighted by atomic mass is 15.0. The first kappa shape index (κ1) is 26.2. The zero-order valence-electron chi connectivity index (χ0n) is 23.7. The molecule has 204 valence electrons. The molecule has 0 radical (unpaired) electrons. The summed E-state index contributed by atoms with van der Waals surface area (Å²) in [6.07, 6.45) is 43.8. The average Bonchev–Trinajstić information content (AvgIpc) is 2.99. The van der Waals surface area contributed by atoms with Crippen molar-refractivity contribution in [1.82, 2.24) is 5.32 Å². The minimum absolute atomic E-state index is 0.697. The molecule has 37 heavy (non-hydrogen) atoms. The fraction of sp³-hybridized carbons (Fsp3) is 0.778. The van der Waals surface area contributed by atoms with Crippen molar-refractivity contribution < 1.29 is 0 Å². The van der Waals surface area contributed by atoms with Crippen molar-refractivity contribution in [2.24, 2.45) is 35.5 Å². The van der Waals surface area contributed by atoms with Crippen molar-refractivity contribution in [2.75, 3.05) is 0 Å². The van der Waals surface area contributed by atoms with Gasteiger partial charge >= 0.3 is 0 Å². The van der Waals surface area contributed by atoms with Crippen molar-refractivity contribution >= 4 is 0 Å². The van der Waals surface area contributed by atoms with E-state index in [2.05, 4.69) is 41.8 Å². The lowest BCUT2D eigenvalue weighted by Gasteiger charge is -2.45. The molecule has 0 aromatic rings. The second-order valence-electron chi connectivity index (χ2n) is 13.9. The van der Waals surface area contributed by atoms with Crippen molar-refractivity contribution in [3.05, 3.63) is 47.6 Å². The summed E-state index contributed by atoms with van der Waals surface area (Å²) in [4.78, 5) is 0. The zero-order chi connectivity index (χ0) is 24.9. The molecule has 0 saturated heterocycles. The van der Waals surface area contributed by atoms with E-state index in [-0.39, 0.29) is 0 Å². The third-order valence-corrected chi connectivity index (χ3v) is 11.7. The Kier molecular flexibility index (Phi) is 9.08. The predicted molar refractivity (Wildman–Crippen MR) is 158 cm³/mol. The average molecular weight is 502 g/mol. The molecular weight excluding hydrogens is 446 g/mol. The fourth-order valence-corrected chi connectivity index (χ4v) is 9.56. The quantitative estimate of drug-likeness (QED) is 0.357. The highest BCUT2D eigenvalue weighted by Crippen LogP contribution is 2.44. The van der Waals surface area contributed by atoms with Crippen LogP contribution in [0.1, 0.15) is 128 Å². The van der Waals surface area contributed by atoms with Gasteiger partial charge in [-0.3, -0.25) is 0 Å². The van der Waals surface area contributed by atoms with Gasteiger partial charge in [0.25, 0.3) is 0 Å². The van der Waals surface area contributed by atoms with Gasteiger partial charge in [-0.1, -0.05) is 74.1 Å². The van der Waals surface area contributed by atoms with Gasteiger partial charge in [0.15, 0.2) is 0 Å². The molecule has 6 aliphatic rings. The van der Waals surface area contributed by atoms with Crippen LogP contribution in [0.3, 0.4) is 0 Å². The lowest BCUT2D eigenvalue weighted by atomic mass is 9.66. The van der Waals surface area contributed by atoms with Crippen LogP contribution in [0.5, 0.6) is 0 Å². The predicted octanol–water partition coefficient (Wildman–Crippen LogP) is 9.86. The van der Waals surface area contributed by atoms with Crippen molar-refractivity contribution in [2.45, 2.75) is 141 Å². The van der Waals surface area contributed by atoms with Gasteiger partial charge in [-0.15, -0.1) is 0 Å². The minimum Gasteiger partial charge on any atom is -0.311 e. The SMILES string of the molecule is C1=CCC(C2CCC(C3=CC(C4=CCCCC4)CC=C3)CC2NC2CCC(C3CCCCC3)CC2)CC1. The van der Waals surface area contributed by atoms with Crippen LogP contribution in [-0.4, -0.2) is 12.1 Å². The molecule has 5 atom stereocenters. The smallest absolute Gasteiger partial charge is 0.0106 e. The number of nitrogens with one attached hydrogen (secondary N) is 1. The summed E-state index contributed by atoms with van der Waals surface area (Å²) in [6.45, 7) is 0. The topological polar surface area (TPSA) is 12.0 Å². The highest BCUT2D eigenvalue weighted by Gasteiger charge is 2.38. The molecule has 0 amide bonds. The first-order valence-corrected chi connectivity index (χ1v) is 16.8. The molecule has 1 N–H and O–H groups in total. The molecule has 0 aliphatic heterocycles. The Morgan fingerprint density at radius 1 is 0.649 bits per heavy atom. The third-order valence-electron chi connectivity index (χ3n) is 11.7. The van der Waals surface area contributed by atoms with Crippen molar-refractivity contribution in [3.63, 3.8) is 0 Å². The summed E-state index contributed by atoms with van der Waals surface area (Å²) in [5.74, 6) is 5.38. The molecular formula is C36H55N. The molecule has 6 aliphatic carbocycles. The second-order valence-corrected chi connectivity index (χ2v) is 13.9.